The van der Waals surface area contributed by atoms with E-state index in [0.29, 0.717) is 24.5 Å². The summed E-state index contributed by atoms with van der Waals surface area (Å²) in [6, 6.07) is 0. The summed E-state index contributed by atoms with van der Waals surface area (Å²) in [5.74, 6) is 3.72. The summed E-state index contributed by atoms with van der Waals surface area (Å²) in [7, 11) is 0. The molecular weight excluding hydrogens is 336 g/mol. The van der Waals surface area contributed by atoms with Crippen molar-refractivity contribution in [3.8, 4) is 0 Å². The van der Waals surface area contributed by atoms with E-state index >= 15 is 0 Å². The van der Waals surface area contributed by atoms with Gasteiger partial charge < -0.3 is 15.7 Å². The van der Waals surface area contributed by atoms with Crippen molar-refractivity contribution in [2.75, 3.05) is 13.2 Å². The maximum absolute atomic E-state index is 10.6. The lowest BCUT2D eigenvalue weighted by Gasteiger charge is -2.61. The van der Waals surface area contributed by atoms with Crippen LogP contribution in [-0.2, 0) is 4.84 Å². The van der Waals surface area contributed by atoms with Gasteiger partial charge in [-0.25, -0.2) is 0 Å². The van der Waals surface area contributed by atoms with Gasteiger partial charge in [0, 0.05) is 12.5 Å². The van der Waals surface area contributed by atoms with E-state index in [1.54, 1.807) is 0 Å². The van der Waals surface area contributed by atoms with Gasteiger partial charge in [0.1, 0.15) is 6.61 Å². The second-order valence-corrected chi connectivity index (χ2v) is 10.4. The lowest BCUT2D eigenvalue weighted by molar-refractivity contribution is -0.121. The minimum absolute atomic E-state index is 0.0674. The Labute approximate surface area is 165 Å². The molecule has 0 aromatic carbocycles. The number of aliphatic hydroxyl groups excluding tert-OH is 1. The summed E-state index contributed by atoms with van der Waals surface area (Å²) in [5.41, 5.74) is 7.48. The number of nitrogens with zero attached hydrogens (tertiary/aromatic N) is 1. The molecule has 154 valence electrons. The Morgan fingerprint density at radius 1 is 1.04 bits per heavy atom. The van der Waals surface area contributed by atoms with Gasteiger partial charge in [0.2, 0.25) is 0 Å². The Kier molecular flexibility index (Phi) is 5.35. The quantitative estimate of drug-likeness (QED) is 0.566. The van der Waals surface area contributed by atoms with E-state index in [0.717, 1.165) is 36.5 Å². The number of rotatable bonds is 4. The van der Waals surface area contributed by atoms with Crippen LogP contribution >= 0.6 is 0 Å². The minimum atomic E-state index is -0.0674. The van der Waals surface area contributed by atoms with E-state index in [4.69, 9.17) is 10.6 Å². The third kappa shape index (κ3) is 2.97. The van der Waals surface area contributed by atoms with E-state index < -0.39 is 0 Å². The standard InChI is InChI=1S/C23H40N2O2/c1-4-15-17-6-5-16-18-7-8-21(26)23(18,3)11-9-19(16)22(17,2)12-10-20(15)25-27-14-13-24/h15-19,21,26H,4-14,24H2,1-3H3/b25-20+/t15-,16-,17?,18-,19-,21-,22-,23-/m0/s1. The average Bonchev–Trinajstić information content (AvgIpc) is 2.97. The number of hydrogen-bond acceptors (Lipinski definition) is 4. The molecule has 4 aliphatic carbocycles. The van der Waals surface area contributed by atoms with Crippen molar-refractivity contribution in [1.82, 2.24) is 0 Å². The van der Waals surface area contributed by atoms with Crippen LogP contribution < -0.4 is 5.73 Å². The Balaban J connectivity index is 1.57. The average molecular weight is 377 g/mol. The van der Waals surface area contributed by atoms with E-state index in [1.165, 1.54) is 50.7 Å². The van der Waals surface area contributed by atoms with Crippen molar-refractivity contribution in [2.45, 2.75) is 84.7 Å². The van der Waals surface area contributed by atoms with Crippen LogP contribution in [0.1, 0.15) is 78.6 Å². The molecule has 1 unspecified atom stereocenters. The van der Waals surface area contributed by atoms with Crippen LogP contribution in [0.15, 0.2) is 5.16 Å². The van der Waals surface area contributed by atoms with E-state index in [2.05, 4.69) is 25.9 Å². The highest BCUT2D eigenvalue weighted by molar-refractivity contribution is 5.87. The molecule has 0 amide bonds. The molecule has 0 aromatic heterocycles. The SMILES string of the molecule is CC[C@@H]1/C(=N/OCCN)CC[C@@]2(C)C1CC[C@H]1[C@@H]3CC[C@H](O)[C@@]3(C)CC[C@@H]12. The molecular formula is C23H40N2O2. The molecule has 8 atom stereocenters. The lowest BCUT2D eigenvalue weighted by atomic mass is 9.43. The van der Waals surface area contributed by atoms with Crippen LogP contribution in [0.3, 0.4) is 0 Å². The monoisotopic (exact) mass is 376 g/mol. The normalized spacial score (nSPS) is 50.8. The van der Waals surface area contributed by atoms with Crippen molar-refractivity contribution in [3.63, 3.8) is 0 Å². The smallest absolute Gasteiger partial charge is 0.129 e. The van der Waals surface area contributed by atoms with Crippen LogP contribution in [0, 0.1) is 40.4 Å². The van der Waals surface area contributed by atoms with Crippen molar-refractivity contribution < 1.29 is 9.94 Å². The number of aliphatic hydroxyl groups is 1. The summed E-state index contributed by atoms with van der Waals surface area (Å²) in [6.45, 7) is 8.36. The third-order valence-electron chi connectivity index (χ3n) is 9.56. The van der Waals surface area contributed by atoms with Crippen LogP contribution in [0.4, 0.5) is 0 Å². The van der Waals surface area contributed by atoms with Gasteiger partial charge in [-0.3, -0.25) is 0 Å². The van der Waals surface area contributed by atoms with Gasteiger partial charge in [0.15, 0.2) is 0 Å². The Hall–Kier alpha value is -0.610. The first-order chi connectivity index (χ1) is 13.0. The molecule has 4 saturated carbocycles. The molecule has 27 heavy (non-hydrogen) atoms. The van der Waals surface area contributed by atoms with Gasteiger partial charge in [-0.15, -0.1) is 0 Å². The third-order valence-corrected chi connectivity index (χ3v) is 9.56. The molecule has 4 nitrogen and oxygen atoms in total. The molecule has 4 aliphatic rings. The molecule has 3 N–H and O–H groups in total. The zero-order valence-corrected chi connectivity index (χ0v) is 17.6. The first-order valence-corrected chi connectivity index (χ1v) is 11.5. The second kappa shape index (κ2) is 7.33. The maximum Gasteiger partial charge on any atom is 0.129 e. The first-order valence-electron chi connectivity index (χ1n) is 11.5. The molecule has 4 rings (SSSR count). The Bertz CT molecular complexity index is 579. The van der Waals surface area contributed by atoms with Crippen molar-refractivity contribution >= 4 is 5.71 Å². The largest absolute Gasteiger partial charge is 0.394 e. The number of nitrogens with two attached hydrogens (primary N) is 1. The molecule has 0 saturated heterocycles. The fraction of sp³-hybridized carbons (Fsp3) is 0.957. The van der Waals surface area contributed by atoms with Crippen LogP contribution in [0.5, 0.6) is 0 Å². The summed E-state index contributed by atoms with van der Waals surface area (Å²) in [4.78, 5) is 5.49. The minimum Gasteiger partial charge on any atom is -0.394 e. The van der Waals surface area contributed by atoms with Crippen molar-refractivity contribution in [2.24, 2.45) is 51.3 Å². The van der Waals surface area contributed by atoms with Crippen molar-refractivity contribution in [1.29, 1.82) is 0 Å². The zero-order valence-electron chi connectivity index (χ0n) is 17.6. The van der Waals surface area contributed by atoms with Gasteiger partial charge in [-0.05, 0) is 92.3 Å². The lowest BCUT2D eigenvalue weighted by Crippen LogP contribution is -2.56. The predicted octanol–water partition coefficient (Wildman–Crippen LogP) is 4.36. The fourth-order valence-corrected chi connectivity index (χ4v) is 8.12. The second-order valence-electron chi connectivity index (χ2n) is 10.4. The molecule has 4 heteroatoms. The molecule has 0 bridgehead atoms. The van der Waals surface area contributed by atoms with Crippen molar-refractivity contribution in [3.05, 3.63) is 0 Å². The van der Waals surface area contributed by atoms with Gasteiger partial charge in [0.05, 0.1) is 11.8 Å². The van der Waals surface area contributed by atoms with Crippen LogP contribution in [0.2, 0.25) is 0 Å². The van der Waals surface area contributed by atoms with Gasteiger partial charge in [-0.1, -0.05) is 25.9 Å². The predicted molar refractivity (Wildman–Crippen MR) is 109 cm³/mol. The topological polar surface area (TPSA) is 67.8 Å². The van der Waals surface area contributed by atoms with E-state index in [1.807, 2.05) is 0 Å². The number of oxime groups is 1. The summed E-state index contributed by atoms with van der Waals surface area (Å²) < 4.78 is 0. The molecule has 4 fully saturated rings. The Morgan fingerprint density at radius 3 is 2.52 bits per heavy atom. The van der Waals surface area contributed by atoms with Crippen LogP contribution in [-0.4, -0.2) is 30.1 Å². The maximum atomic E-state index is 10.6. The Morgan fingerprint density at radius 2 is 1.78 bits per heavy atom. The van der Waals surface area contributed by atoms with Crippen LogP contribution in [0.25, 0.3) is 0 Å². The molecule has 0 heterocycles. The highest BCUT2D eigenvalue weighted by Gasteiger charge is 2.61. The molecule has 0 spiro atoms. The fourth-order valence-electron chi connectivity index (χ4n) is 8.12. The molecule has 0 aliphatic heterocycles. The molecule has 0 radical (unpaired) electrons. The highest BCUT2D eigenvalue weighted by Crippen LogP contribution is 2.66. The van der Waals surface area contributed by atoms with Gasteiger partial charge in [0.25, 0.3) is 0 Å². The summed E-state index contributed by atoms with van der Waals surface area (Å²) in [5, 5.41) is 15.2. The zero-order chi connectivity index (χ0) is 19.2. The number of fused-ring (bicyclic) bond motifs is 5. The number of hydrogen-bond donors (Lipinski definition) is 2. The van der Waals surface area contributed by atoms with E-state index in [9.17, 15) is 5.11 Å². The first kappa shape index (κ1) is 19.7. The van der Waals surface area contributed by atoms with E-state index in [-0.39, 0.29) is 11.5 Å². The summed E-state index contributed by atoms with van der Waals surface area (Å²) >= 11 is 0. The van der Waals surface area contributed by atoms with Gasteiger partial charge >= 0.3 is 0 Å². The highest BCUT2D eigenvalue weighted by atomic mass is 16.6. The molecule has 0 aromatic rings. The summed E-state index contributed by atoms with van der Waals surface area (Å²) in [6.07, 6.45) is 10.9. The van der Waals surface area contributed by atoms with Gasteiger partial charge in [-0.2, -0.15) is 0 Å².